The van der Waals surface area contributed by atoms with E-state index in [0.29, 0.717) is 31.4 Å². The molecule has 4 rings (SSSR count). The number of piperidine rings is 1. The van der Waals surface area contributed by atoms with Gasteiger partial charge in [-0.1, -0.05) is 12.1 Å². The number of rotatable bonds is 4. The first kappa shape index (κ1) is 24.1. The molecule has 1 aromatic heterocycles. The number of benzene rings is 1. The maximum atomic E-state index is 13.5. The molecule has 1 N–H and O–H groups in total. The van der Waals surface area contributed by atoms with Crippen LogP contribution in [-0.4, -0.2) is 58.9 Å². The van der Waals surface area contributed by atoms with Crippen LogP contribution in [0.4, 0.5) is 16.3 Å². The van der Waals surface area contributed by atoms with Gasteiger partial charge in [0, 0.05) is 19.6 Å². The Morgan fingerprint density at radius 2 is 1.79 bits per heavy atom. The maximum Gasteiger partial charge on any atom is 0.410 e. The van der Waals surface area contributed by atoms with Gasteiger partial charge in [0.1, 0.15) is 5.60 Å². The second kappa shape index (κ2) is 10.1. The number of aromatic nitrogens is 2. The molecule has 8 heteroatoms. The van der Waals surface area contributed by atoms with Gasteiger partial charge in [-0.15, -0.1) is 5.10 Å². The van der Waals surface area contributed by atoms with E-state index in [0.717, 1.165) is 37.1 Å². The molecule has 8 nitrogen and oxygen atoms in total. The van der Waals surface area contributed by atoms with E-state index < -0.39 is 5.60 Å². The van der Waals surface area contributed by atoms with Crippen LogP contribution in [0.15, 0.2) is 36.5 Å². The van der Waals surface area contributed by atoms with Crippen LogP contribution < -0.4 is 10.2 Å². The highest BCUT2D eigenvalue weighted by Crippen LogP contribution is 2.33. The maximum absolute atomic E-state index is 13.5. The van der Waals surface area contributed by atoms with Crippen molar-refractivity contribution in [2.24, 2.45) is 5.92 Å². The van der Waals surface area contributed by atoms with E-state index in [1.54, 1.807) is 16.0 Å². The van der Waals surface area contributed by atoms with Crippen molar-refractivity contribution in [1.29, 1.82) is 0 Å². The average molecular weight is 466 g/mol. The molecule has 2 amide bonds. The molecule has 0 aliphatic carbocycles. The van der Waals surface area contributed by atoms with Crippen LogP contribution in [0.2, 0.25) is 0 Å². The van der Waals surface area contributed by atoms with Gasteiger partial charge in [0.2, 0.25) is 5.91 Å². The highest BCUT2D eigenvalue weighted by atomic mass is 16.6. The number of likely N-dealkylation sites (tertiary alicyclic amines) is 1. The molecule has 2 aliphatic heterocycles. The second-order valence-corrected chi connectivity index (χ2v) is 10.2. The van der Waals surface area contributed by atoms with Crippen LogP contribution in [0, 0.1) is 12.8 Å². The van der Waals surface area contributed by atoms with Crippen molar-refractivity contribution in [2.45, 2.75) is 58.5 Å². The predicted octanol–water partition coefficient (Wildman–Crippen LogP) is 4.17. The standard InChI is InChI=1S/C26H35N5O3/c1-18-9-14-28-29-23(18)31(24(32)21-10-13-27-17-21)22-7-5-19(6-8-22)20-11-15-30(16-12-20)25(33)34-26(2,3)4/h5-9,14,20-21,27H,10-13,15-17H2,1-4H3. The molecule has 0 radical (unpaired) electrons. The van der Waals surface area contributed by atoms with Crippen molar-refractivity contribution in [1.82, 2.24) is 20.4 Å². The van der Waals surface area contributed by atoms with E-state index in [2.05, 4.69) is 27.6 Å². The van der Waals surface area contributed by atoms with Crippen molar-refractivity contribution in [3.63, 3.8) is 0 Å². The summed E-state index contributed by atoms with van der Waals surface area (Å²) < 4.78 is 5.51. The molecular formula is C26H35N5O3. The lowest BCUT2D eigenvalue weighted by Crippen LogP contribution is -2.41. The van der Waals surface area contributed by atoms with E-state index >= 15 is 0 Å². The molecule has 2 fully saturated rings. The number of carbonyl (C=O) groups is 2. The monoisotopic (exact) mass is 465 g/mol. The van der Waals surface area contributed by atoms with Crippen molar-refractivity contribution in [3.8, 4) is 0 Å². The Bertz CT molecular complexity index is 1000. The molecule has 2 saturated heterocycles. The van der Waals surface area contributed by atoms with Crippen LogP contribution in [0.5, 0.6) is 0 Å². The number of nitrogens with one attached hydrogen (secondary N) is 1. The minimum atomic E-state index is -0.483. The van der Waals surface area contributed by atoms with Gasteiger partial charge in [-0.05, 0) is 88.7 Å². The fraction of sp³-hybridized carbons (Fsp3) is 0.538. The number of amides is 2. The number of carbonyl (C=O) groups excluding carboxylic acids is 2. The first-order chi connectivity index (χ1) is 16.2. The summed E-state index contributed by atoms with van der Waals surface area (Å²) in [6.45, 7) is 10.5. The number of anilines is 2. The van der Waals surface area contributed by atoms with Crippen molar-refractivity contribution < 1.29 is 14.3 Å². The first-order valence-electron chi connectivity index (χ1n) is 12.1. The van der Waals surface area contributed by atoms with Crippen LogP contribution in [-0.2, 0) is 9.53 Å². The zero-order valence-electron chi connectivity index (χ0n) is 20.6. The lowest BCUT2D eigenvalue weighted by molar-refractivity contribution is -0.121. The SMILES string of the molecule is Cc1ccnnc1N(C(=O)C1CCNC1)c1ccc(C2CCN(C(=O)OC(C)(C)C)CC2)cc1. The lowest BCUT2D eigenvalue weighted by Gasteiger charge is -2.33. The normalized spacial score (nSPS) is 19.2. The van der Waals surface area contributed by atoms with Gasteiger partial charge >= 0.3 is 6.09 Å². The van der Waals surface area contributed by atoms with E-state index in [-0.39, 0.29) is 17.9 Å². The fourth-order valence-electron chi connectivity index (χ4n) is 4.63. The first-order valence-corrected chi connectivity index (χ1v) is 12.1. The Kier molecular flexibility index (Phi) is 7.16. The molecule has 182 valence electrons. The van der Waals surface area contributed by atoms with Crippen LogP contribution in [0.25, 0.3) is 0 Å². The summed E-state index contributed by atoms with van der Waals surface area (Å²) in [6.07, 6.45) is 4.00. The van der Waals surface area contributed by atoms with Crippen LogP contribution >= 0.6 is 0 Å². The summed E-state index contributed by atoms with van der Waals surface area (Å²) in [5.41, 5.74) is 2.45. The van der Waals surface area contributed by atoms with Gasteiger partial charge in [-0.3, -0.25) is 9.69 Å². The molecule has 1 atom stereocenters. The topological polar surface area (TPSA) is 87.7 Å². The summed E-state index contributed by atoms with van der Waals surface area (Å²) in [7, 11) is 0. The Morgan fingerprint density at radius 1 is 1.09 bits per heavy atom. The number of hydrogen-bond donors (Lipinski definition) is 1. The zero-order chi connectivity index (χ0) is 24.3. The molecule has 3 heterocycles. The summed E-state index contributed by atoms with van der Waals surface area (Å²) in [6, 6.07) is 10.1. The molecule has 2 aromatic rings. The Labute approximate surface area is 201 Å². The van der Waals surface area contributed by atoms with Gasteiger partial charge in [0.15, 0.2) is 5.82 Å². The van der Waals surface area contributed by atoms with Gasteiger partial charge in [0.05, 0.1) is 17.8 Å². The van der Waals surface area contributed by atoms with Gasteiger partial charge in [-0.25, -0.2) is 4.79 Å². The number of ether oxygens (including phenoxy) is 1. The minimum Gasteiger partial charge on any atom is -0.444 e. The van der Waals surface area contributed by atoms with Crippen LogP contribution in [0.1, 0.15) is 57.1 Å². The van der Waals surface area contributed by atoms with Gasteiger partial charge in [-0.2, -0.15) is 5.10 Å². The van der Waals surface area contributed by atoms with Gasteiger partial charge < -0.3 is 15.0 Å². The average Bonchev–Trinajstić information content (AvgIpc) is 3.35. The smallest absolute Gasteiger partial charge is 0.410 e. The summed E-state index contributed by atoms with van der Waals surface area (Å²) >= 11 is 0. The van der Waals surface area contributed by atoms with Crippen molar-refractivity contribution in [2.75, 3.05) is 31.1 Å². The third kappa shape index (κ3) is 5.55. The van der Waals surface area contributed by atoms with E-state index in [1.807, 2.05) is 45.9 Å². The molecule has 1 unspecified atom stereocenters. The number of hydrogen-bond acceptors (Lipinski definition) is 6. The van der Waals surface area contributed by atoms with E-state index in [1.165, 1.54) is 5.56 Å². The van der Waals surface area contributed by atoms with Gasteiger partial charge in [0.25, 0.3) is 0 Å². The Balaban J connectivity index is 1.48. The number of nitrogens with zero attached hydrogens (tertiary/aromatic N) is 4. The third-order valence-corrected chi connectivity index (χ3v) is 6.51. The van der Waals surface area contributed by atoms with E-state index in [9.17, 15) is 9.59 Å². The zero-order valence-corrected chi connectivity index (χ0v) is 20.6. The molecule has 1 aromatic carbocycles. The lowest BCUT2D eigenvalue weighted by atomic mass is 9.89. The van der Waals surface area contributed by atoms with Crippen molar-refractivity contribution >= 4 is 23.5 Å². The molecule has 0 spiro atoms. The van der Waals surface area contributed by atoms with E-state index in [4.69, 9.17) is 4.74 Å². The Hall–Kier alpha value is -3.00. The summed E-state index contributed by atoms with van der Waals surface area (Å²) in [4.78, 5) is 29.3. The van der Waals surface area contributed by atoms with Crippen molar-refractivity contribution in [3.05, 3.63) is 47.7 Å². The molecule has 2 aliphatic rings. The molecular weight excluding hydrogens is 430 g/mol. The predicted molar refractivity (Wildman–Crippen MR) is 131 cm³/mol. The van der Waals surface area contributed by atoms with Crippen LogP contribution in [0.3, 0.4) is 0 Å². The highest BCUT2D eigenvalue weighted by molar-refractivity contribution is 6.01. The largest absolute Gasteiger partial charge is 0.444 e. The number of aryl methyl sites for hydroxylation is 1. The molecule has 0 saturated carbocycles. The fourth-order valence-corrected chi connectivity index (χ4v) is 4.63. The molecule has 34 heavy (non-hydrogen) atoms. The summed E-state index contributed by atoms with van der Waals surface area (Å²) in [5, 5.41) is 11.6. The molecule has 0 bridgehead atoms. The quantitative estimate of drug-likeness (QED) is 0.729. The highest BCUT2D eigenvalue weighted by Gasteiger charge is 2.31. The summed E-state index contributed by atoms with van der Waals surface area (Å²) in [5.74, 6) is 0.928. The minimum absolute atomic E-state index is 0.0482. The second-order valence-electron chi connectivity index (χ2n) is 10.2. The Morgan fingerprint density at radius 3 is 2.38 bits per heavy atom. The third-order valence-electron chi connectivity index (χ3n) is 6.51.